The van der Waals surface area contributed by atoms with Crippen LogP contribution in [0.15, 0.2) is 29.2 Å². The molecule has 2 aromatic rings. The van der Waals surface area contributed by atoms with Crippen molar-refractivity contribution in [2.75, 3.05) is 5.32 Å². The van der Waals surface area contributed by atoms with Crippen molar-refractivity contribution in [2.24, 2.45) is 0 Å². The minimum atomic E-state index is -3.81. The van der Waals surface area contributed by atoms with E-state index in [1.54, 1.807) is 43.6 Å². The van der Waals surface area contributed by atoms with Crippen LogP contribution in [0.25, 0.3) is 6.08 Å². The highest BCUT2D eigenvalue weighted by atomic mass is 32.2. The molecule has 0 radical (unpaired) electrons. The van der Waals surface area contributed by atoms with Gasteiger partial charge in [-0.2, -0.15) is 5.26 Å². The van der Waals surface area contributed by atoms with Gasteiger partial charge >= 0.3 is 0 Å². The third kappa shape index (κ3) is 3.44. The number of benzene rings is 1. The highest BCUT2D eigenvalue weighted by molar-refractivity contribution is 7.89. The Morgan fingerprint density at radius 1 is 1.36 bits per heavy atom. The average molecular weight is 402 g/mol. The van der Waals surface area contributed by atoms with Crippen LogP contribution in [0.1, 0.15) is 41.2 Å². The second-order valence-corrected chi connectivity index (χ2v) is 8.39. The number of carbonyl (C=O) groups excluding carboxylic acids is 1. The summed E-state index contributed by atoms with van der Waals surface area (Å²) in [5.74, 6) is -1.22. The number of nitrogens with one attached hydrogen (secondary N) is 2. The normalized spacial score (nSPS) is 12.9. The lowest BCUT2D eigenvalue weighted by Gasteiger charge is -2.10. The Morgan fingerprint density at radius 2 is 2.07 bits per heavy atom. The lowest BCUT2D eigenvalue weighted by molar-refractivity contribution is 0.101. The number of sulfonamides is 1. The summed E-state index contributed by atoms with van der Waals surface area (Å²) in [4.78, 5) is 13.0. The number of nitrogens with zero attached hydrogens (tertiary/aromatic N) is 2. The molecule has 0 saturated carbocycles. The number of amides is 1. The SMILES string of the molecule is Cc1c(S(=O)(=O)NC(C)C)c2n(c1C(=O)Nc1ccc(F)c(C#N)c1)CC=C2. The van der Waals surface area contributed by atoms with E-state index in [9.17, 15) is 17.6 Å². The summed E-state index contributed by atoms with van der Waals surface area (Å²) in [5, 5.41) is 11.6. The Labute approximate surface area is 162 Å². The van der Waals surface area contributed by atoms with E-state index >= 15 is 0 Å². The first-order valence-electron chi connectivity index (χ1n) is 8.58. The molecule has 0 fully saturated rings. The zero-order valence-corrected chi connectivity index (χ0v) is 16.4. The molecule has 1 aromatic carbocycles. The van der Waals surface area contributed by atoms with Gasteiger partial charge in [0.2, 0.25) is 10.0 Å². The minimum absolute atomic E-state index is 0.0666. The highest BCUT2D eigenvalue weighted by Crippen LogP contribution is 2.32. The van der Waals surface area contributed by atoms with Gasteiger partial charge < -0.3 is 9.88 Å². The van der Waals surface area contributed by atoms with Gasteiger partial charge in [0.15, 0.2) is 0 Å². The van der Waals surface area contributed by atoms with E-state index in [1.165, 1.54) is 12.1 Å². The molecule has 1 amide bonds. The number of allylic oxidation sites excluding steroid dienone is 1. The first-order valence-corrected chi connectivity index (χ1v) is 10.1. The van der Waals surface area contributed by atoms with Crippen LogP contribution in [-0.2, 0) is 16.6 Å². The number of hydrogen-bond donors (Lipinski definition) is 2. The second-order valence-electron chi connectivity index (χ2n) is 6.74. The van der Waals surface area contributed by atoms with Crippen molar-refractivity contribution in [2.45, 2.75) is 38.3 Å². The highest BCUT2D eigenvalue weighted by Gasteiger charge is 2.32. The number of hydrogen-bond acceptors (Lipinski definition) is 4. The number of nitriles is 1. The van der Waals surface area contributed by atoms with Gasteiger partial charge in [-0.15, -0.1) is 0 Å². The zero-order chi connectivity index (χ0) is 20.6. The fourth-order valence-corrected chi connectivity index (χ4v) is 4.94. The molecule has 146 valence electrons. The predicted molar refractivity (Wildman–Crippen MR) is 103 cm³/mol. The summed E-state index contributed by atoms with van der Waals surface area (Å²) in [6.07, 6.45) is 3.44. The molecule has 9 heteroatoms. The molecule has 0 bridgehead atoms. The van der Waals surface area contributed by atoms with Crippen molar-refractivity contribution in [3.05, 3.63) is 52.6 Å². The standard InChI is InChI=1S/C19H19FN4O3S/c1-11(2)23-28(26,27)18-12(3)17(24-8-4-5-16(18)24)19(25)22-14-6-7-15(20)13(9-14)10-21/h4-7,9,11,23H,8H2,1-3H3,(H,22,25). The van der Waals surface area contributed by atoms with Crippen LogP contribution in [-0.4, -0.2) is 24.9 Å². The zero-order valence-electron chi connectivity index (χ0n) is 15.6. The van der Waals surface area contributed by atoms with Crippen molar-refractivity contribution in [3.63, 3.8) is 0 Å². The lowest BCUT2D eigenvalue weighted by Crippen LogP contribution is -2.31. The fourth-order valence-electron chi connectivity index (χ4n) is 3.25. The number of rotatable bonds is 5. The molecule has 1 aliphatic heterocycles. The third-order valence-electron chi connectivity index (χ3n) is 4.27. The molecule has 1 aromatic heterocycles. The predicted octanol–water partition coefficient (Wildman–Crippen LogP) is 2.77. The van der Waals surface area contributed by atoms with Gasteiger partial charge in [-0.1, -0.05) is 6.08 Å². The van der Waals surface area contributed by atoms with Gasteiger partial charge in [0.05, 0.1) is 11.3 Å². The van der Waals surface area contributed by atoms with E-state index < -0.39 is 21.7 Å². The molecule has 7 nitrogen and oxygen atoms in total. The van der Waals surface area contributed by atoms with E-state index in [-0.39, 0.29) is 27.9 Å². The quantitative estimate of drug-likeness (QED) is 0.802. The third-order valence-corrected chi connectivity index (χ3v) is 6.11. The van der Waals surface area contributed by atoms with Crippen molar-refractivity contribution in [1.82, 2.24) is 9.29 Å². The Balaban J connectivity index is 2.03. The van der Waals surface area contributed by atoms with Crippen molar-refractivity contribution >= 4 is 27.7 Å². The van der Waals surface area contributed by atoms with Crippen LogP contribution in [0.5, 0.6) is 0 Å². The molecule has 0 atom stereocenters. The molecule has 3 rings (SSSR count). The van der Waals surface area contributed by atoms with Crippen molar-refractivity contribution in [3.8, 4) is 6.07 Å². The fraction of sp³-hybridized carbons (Fsp3) is 0.263. The van der Waals surface area contributed by atoms with E-state index in [1.807, 2.05) is 0 Å². The Hall–Kier alpha value is -2.96. The maximum atomic E-state index is 13.5. The molecule has 0 unspecified atom stereocenters. The molecule has 0 spiro atoms. The van der Waals surface area contributed by atoms with Crippen molar-refractivity contribution < 1.29 is 17.6 Å². The molecule has 28 heavy (non-hydrogen) atoms. The van der Waals surface area contributed by atoms with Crippen LogP contribution in [0.3, 0.4) is 0 Å². The molecule has 0 saturated heterocycles. The van der Waals surface area contributed by atoms with Crippen LogP contribution in [0, 0.1) is 24.1 Å². The van der Waals surface area contributed by atoms with Gasteiger partial charge in [-0.25, -0.2) is 17.5 Å². The summed E-state index contributed by atoms with van der Waals surface area (Å²) in [6, 6.07) is 5.08. The van der Waals surface area contributed by atoms with Crippen molar-refractivity contribution in [1.29, 1.82) is 5.26 Å². The summed E-state index contributed by atoms with van der Waals surface area (Å²) in [7, 11) is -3.81. The number of carbonyl (C=O) groups is 1. The Morgan fingerprint density at radius 3 is 2.71 bits per heavy atom. The van der Waals surface area contributed by atoms with Crippen LogP contribution < -0.4 is 10.0 Å². The topological polar surface area (TPSA) is 104 Å². The Bertz CT molecular complexity index is 1140. The van der Waals surface area contributed by atoms with E-state index in [4.69, 9.17) is 5.26 Å². The Kier molecular flexibility index (Phi) is 5.10. The smallest absolute Gasteiger partial charge is 0.272 e. The van der Waals surface area contributed by atoms with E-state index in [0.29, 0.717) is 17.8 Å². The van der Waals surface area contributed by atoms with Crippen LogP contribution in [0.2, 0.25) is 0 Å². The van der Waals surface area contributed by atoms with Gasteiger partial charge in [0.25, 0.3) is 5.91 Å². The number of aromatic nitrogens is 1. The second kappa shape index (κ2) is 7.22. The molecule has 0 aliphatic carbocycles. The summed E-state index contributed by atoms with van der Waals surface area (Å²) >= 11 is 0. The monoisotopic (exact) mass is 402 g/mol. The average Bonchev–Trinajstić information content (AvgIpc) is 3.14. The minimum Gasteiger partial charge on any atom is -0.332 e. The van der Waals surface area contributed by atoms with Crippen LogP contribution >= 0.6 is 0 Å². The largest absolute Gasteiger partial charge is 0.332 e. The first-order chi connectivity index (χ1) is 13.2. The van der Waals surface area contributed by atoms with Gasteiger partial charge in [0, 0.05) is 23.8 Å². The van der Waals surface area contributed by atoms with E-state index in [0.717, 1.165) is 6.07 Å². The van der Waals surface area contributed by atoms with Gasteiger partial charge in [-0.05, 0) is 45.0 Å². The maximum absolute atomic E-state index is 13.5. The van der Waals surface area contributed by atoms with Gasteiger partial charge in [-0.3, -0.25) is 4.79 Å². The molecule has 2 N–H and O–H groups in total. The molecule has 2 heterocycles. The molecular weight excluding hydrogens is 383 g/mol. The molecular formula is C19H19FN4O3S. The maximum Gasteiger partial charge on any atom is 0.272 e. The number of halogens is 1. The summed E-state index contributed by atoms with van der Waals surface area (Å²) in [5.41, 5.74) is 1.02. The first kappa shape index (κ1) is 19.8. The summed E-state index contributed by atoms with van der Waals surface area (Å²) < 4.78 is 43.2. The number of anilines is 1. The lowest BCUT2D eigenvalue weighted by atomic mass is 10.2. The van der Waals surface area contributed by atoms with E-state index in [2.05, 4.69) is 10.0 Å². The van der Waals surface area contributed by atoms with Crippen LogP contribution in [0.4, 0.5) is 10.1 Å². The number of fused-ring (bicyclic) bond motifs is 1. The molecule has 1 aliphatic rings. The summed E-state index contributed by atoms with van der Waals surface area (Å²) in [6.45, 7) is 5.37. The van der Waals surface area contributed by atoms with Gasteiger partial charge in [0.1, 0.15) is 22.5 Å².